The number of carbonyl (C=O) groups excluding carboxylic acids is 3. The van der Waals surface area contributed by atoms with Crippen molar-refractivity contribution >= 4 is 17.7 Å². The predicted octanol–water partition coefficient (Wildman–Crippen LogP) is 4.42. The zero-order valence-corrected chi connectivity index (χ0v) is 20.8. The van der Waals surface area contributed by atoms with Gasteiger partial charge in [-0.25, -0.2) is 4.39 Å². The maximum absolute atomic E-state index is 14.6. The first kappa shape index (κ1) is 26.3. The van der Waals surface area contributed by atoms with Crippen LogP contribution in [0.25, 0.3) is 0 Å². The molecule has 38 heavy (non-hydrogen) atoms. The number of imide groups is 1. The van der Waals surface area contributed by atoms with Crippen molar-refractivity contribution in [3.63, 3.8) is 0 Å². The summed E-state index contributed by atoms with van der Waals surface area (Å²) < 4.78 is 53.4. The zero-order chi connectivity index (χ0) is 27.0. The molecule has 2 aromatic rings. The largest absolute Gasteiger partial charge is 0.416 e. The molecular formula is C28H29F4N3O3. The third-order valence-electron chi connectivity index (χ3n) is 7.88. The summed E-state index contributed by atoms with van der Waals surface area (Å²) in [6.07, 6.45) is -1.11. The molecule has 3 heterocycles. The summed E-state index contributed by atoms with van der Waals surface area (Å²) in [7, 11) is 0. The number of carbonyl (C=O) groups is 3. The van der Waals surface area contributed by atoms with Crippen LogP contribution in [0, 0.1) is 5.82 Å². The van der Waals surface area contributed by atoms with E-state index in [-0.39, 0.29) is 42.7 Å². The van der Waals surface area contributed by atoms with Crippen LogP contribution >= 0.6 is 0 Å². The molecule has 1 N–H and O–H groups in total. The van der Waals surface area contributed by atoms with Gasteiger partial charge in [0.05, 0.1) is 5.56 Å². The number of hydrogen-bond acceptors (Lipinski definition) is 4. The Bertz CT molecular complexity index is 1250. The van der Waals surface area contributed by atoms with Crippen molar-refractivity contribution in [1.29, 1.82) is 0 Å². The lowest BCUT2D eigenvalue weighted by atomic mass is 9.85. The van der Waals surface area contributed by atoms with Crippen molar-refractivity contribution in [1.82, 2.24) is 15.1 Å². The van der Waals surface area contributed by atoms with Gasteiger partial charge in [0.25, 0.3) is 5.91 Å². The summed E-state index contributed by atoms with van der Waals surface area (Å²) in [5, 5.41) is 2.28. The average Bonchev–Trinajstić information content (AvgIpc) is 3.19. The van der Waals surface area contributed by atoms with Crippen LogP contribution in [-0.4, -0.2) is 53.2 Å². The minimum atomic E-state index is -4.35. The minimum absolute atomic E-state index is 0.0636. The SMILES string of the molecule is O=C1CCC(N2Cc3c(cc(F)cc3C3CCN(CCCc4cccc(C(F)(F)F)c4)CC3)C2=O)C(=O)N1. The molecule has 2 fully saturated rings. The molecule has 0 aliphatic carbocycles. The summed E-state index contributed by atoms with van der Waals surface area (Å²) in [6, 6.07) is 7.41. The van der Waals surface area contributed by atoms with Gasteiger partial charge in [0, 0.05) is 18.5 Å². The number of halogens is 4. The van der Waals surface area contributed by atoms with Crippen LogP contribution in [0.3, 0.4) is 0 Å². The Morgan fingerprint density at radius 1 is 1.00 bits per heavy atom. The number of hydrogen-bond donors (Lipinski definition) is 1. The Labute approximate surface area is 218 Å². The normalized spacial score (nSPS) is 21.1. The molecule has 6 nitrogen and oxygen atoms in total. The Kier molecular flexibility index (Phi) is 7.26. The first-order valence-corrected chi connectivity index (χ1v) is 13.0. The lowest BCUT2D eigenvalue weighted by Crippen LogP contribution is -2.52. The average molecular weight is 532 g/mol. The second kappa shape index (κ2) is 10.5. The number of amides is 3. The number of aryl methyl sites for hydroxylation is 1. The topological polar surface area (TPSA) is 69.7 Å². The molecule has 2 saturated heterocycles. The van der Waals surface area contributed by atoms with E-state index in [0.717, 1.165) is 56.1 Å². The molecule has 1 unspecified atom stereocenters. The third-order valence-corrected chi connectivity index (χ3v) is 7.88. The smallest absolute Gasteiger partial charge is 0.322 e. The summed E-state index contributed by atoms with van der Waals surface area (Å²) >= 11 is 0. The second-order valence-corrected chi connectivity index (χ2v) is 10.3. The quantitative estimate of drug-likeness (QED) is 0.443. The fourth-order valence-electron chi connectivity index (χ4n) is 5.89. The monoisotopic (exact) mass is 531 g/mol. The van der Waals surface area contributed by atoms with Gasteiger partial charge in [-0.2, -0.15) is 13.2 Å². The molecule has 202 valence electrons. The first-order chi connectivity index (χ1) is 18.1. The summed E-state index contributed by atoms with van der Waals surface area (Å²) in [6.45, 7) is 2.51. The van der Waals surface area contributed by atoms with Gasteiger partial charge in [-0.1, -0.05) is 18.2 Å². The number of likely N-dealkylation sites (tertiary alicyclic amines) is 1. The van der Waals surface area contributed by atoms with E-state index in [1.807, 2.05) is 0 Å². The number of fused-ring (bicyclic) bond motifs is 1. The van der Waals surface area contributed by atoms with E-state index in [1.54, 1.807) is 6.07 Å². The van der Waals surface area contributed by atoms with Crippen LogP contribution in [-0.2, 0) is 28.7 Å². The molecule has 3 aliphatic rings. The van der Waals surface area contributed by atoms with Crippen LogP contribution in [0.4, 0.5) is 17.6 Å². The Balaban J connectivity index is 1.19. The van der Waals surface area contributed by atoms with E-state index >= 15 is 0 Å². The highest BCUT2D eigenvalue weighted by Crippen LogP contribution is 2.38. The highest BCUT2D eigenvalue weighted by atomic mass is 19.4. The fourth-order valence-corrected chi connectivity index (χ4v) is 5.89. The highest BCUT2D eigenvalue weighted by molar-refractivity contribution is 6.05. The molecule has 5 rings (SSSR count). The van der Waals surface area contributed by atoms with Crippen molar-refractivity contribution in [3.8, 4) is 0 Å². The zero-order valence-electron chi connectivity index (χ0n) is 20.8. The number of alkyl halides is 3. The number of nitrogens with zero attached hydrogens (tertiary/aromatic N) is 2. The van der Waals surface area contributed by atoms with Crippen molar-refractivity contribution in [2.24, 2.45) is 0 Å². The van der Waals surface area contributed by atoms with E-state index in [2.05, 4.69) is 10.2 Å². The number of piperidine rings is 2. The summed E-state index contributed by atoms with van der Waals surface area (Å²) in [5.74, 6) is -1.66. The third kappa shape index (κ3) is 5.45. The maximum Gasteiger partial charge on any atom is 0.416 e. The van der Waals surface area contributed by atoms with E-state index in [4.69, 9.17) is 0 Å². The van der Waals surface area contributed by atoms with Gasteiger partial charge in [0.15, 0.2) is 0 Å². The van der Waals surface area contributed by atoms with Crippen LogP contribution in [0.2, 0.25) is 0 Å². The molecule has 0 aromatic heterocycles. The van der Waals surface area contributed by atoms with E-state index in [0.29, 0.717) is 12.0 Å². The maximum atomic E-state index is 14.6. The van der Waals surface area contributed by atoms with Gasteiger partial charge < -0.3 is 9.80 Å². The van der Waals surface area contributed by atoms with Gasteiger partial charge in [-0.05, 0) is 92.5 Å². The number of rotatable bonds is 6. The predicted molar refractivity (Wildman–Crippen MR) is 131 cm³/mol. The van der Waals surface area contributed by atoms with Crippen LogP contribution in [0.15, 0.2) is 36.4 Å². The van der Waals surface area contributed by atoms with Gasteiger partial charge >= 0.3 is 6.18 Å². The lowest BCUT2D eigenvalue weighted by Gasteiger charge is -2.33. The van der Waals surface area contributed by atoms with E-state index < -0.39 is 29.5 Å². The second-order valence-electron chi connectivity index (χ2n) is 10.3. The minimum Gasteiger partial charge on any atom is -0.322 e. The molecule has 3 aliphatic heterocycles. The molecule has 0 saturated carbocycles. The van der Waals surface area contributed by atoms with Crippen LogP contribution in [0.1, 0.15) is 70.6 Å². The summed E-state index contributed by atoms with van der Waals surface area (Å²) in [5.41, 5.74) is 1.87. The van der Waals surface area contributed by atoms with Crippen molar-refractivity contribution in [2.75, 3.05) is 19.6 Å². The Morgan fingerprint density at radius 2 is 1.76 bits per heavy atom. The van der Waals surface area contributed by atoms with Crippen LogP contribution in [0.5, 0.6) is 0 Å². The van der Waals surface area contributed by atoms with E-state index in [1.165, 1.54) is 29.2 Å². The van der Waals surface area contributed by atoms with Crippen molar-refractivity contribution in [2.45, 2.75) is 63.2 Å². The lowest BCUT2D eigenvalue weighted by molar-refractivity contribution is -0.138. The number of nitrogens with one attached hydrogen (secondary N) is 1. The fraction of sp³-hybridized carbons (Fsp3) is 0.464. The standard InChI is InChI=1S/C28H29F4N3O3/c29-20-14-21(23-16-35(27(38)22(23)15-20)24-6-7-25(36)33-26(24)37)18-8-11-34(12-9-18)10-2-4-17-3-1-5-19(13-17)28(30,31)32/h1,3,5,13-15,18,24H,2,4,6-12,16H2,(H,33,36,37). The molecule has 2 aromatic carbocycles. The number of benzene rings is 2. The van der Waals surface area contributed by atoms with Gasteiger partial charge in [0.1, 0.15) is 11.9 Å². The first-order valence-electron chi connectivity index (χ1n) is 13.0. The molecule has 10 heteroatoms. The van der Waals surface area contributed by atoms with Gasteiger partial charge in [0.2, 0.25) is 11.8 Å². The molecule has 0 bridgehead atoms. The van der Waals surface area contributed by atoms with Gasteiger partial charge in [-0.3, -0.25) is 19.7 Å². The van der Waals surface area contributed by atoms with Gasteiger partial charge in [-0.15, -0.1) is 0 Å². The van der Waals surface area contributed by atoms with Crippen molar-refractivity contribution in [3.05, 3.63) is 70.0 Å². The van der Waals surface area contributed by atoms with Crippen molar-refractivity contribution < 1.29 is 31.9 Å². The highest BCUT2D eigenvalue weighted by Gasteiger charge is 2.41. The Morgan fingerprint density at radius 3 is 2.47 bits per heavy atom. The van der Waals surface area contributed by atoms with Crippen LogP contribution < -0.4 is 5.32 Å². The molecule has 1 atom stereocenters. The Hall–Kier alpha value is -3.27. The molecular weight excluding hydrogens is 502 g/mol. The van der Waals surface area contributed by atoms with E-state index in [9.17, 15) is 31.9 Å². The molecule has 0 radical (unpaired) electrons. The molecule has 3 amide bonds. The molecule has 0 spiro atoms. The summed E-state index contributed by atoms with van der Waals surface area (Å²) in [4.78, 5) is 40.7.